The Kier molecular flexibility index (Phi) is 5.06. The van der Waals surface area contributed by atoms with Gasteiger partial charge >= 0.3 is 6.09 Å². The molecule has 1 amide bonds. The number of fused-ring (bicyclic) bond motifs is 8. The lowest BCUT2D eigenvalue weighted by Gasteiger charge is -2.40. The molecule has 164 valence electrons. The highest BCUT2D eigenvalue weighted by atomic mass is 35.5. The SMILES string of the molecule is CC(C)(C)OC(=O)NC1CCN(C[C@@]23C[C@@H](c4ccccc42)c2ccc(Cl)cc23)CC1. The summed E-state index contributed by atoms with van der Waals surface area (Å²) >= 11 is 6.44. The summed E-state index contributed by atoms with van der Waals surface area (Å²) in [6.07, 6.45) is 2.72. The van der Waals surface area contributed by atoms with Crippen molar-refractivity contribution in [1.82, 2.24) is 10.2 Å². The number of amides is 1. The van der Waals surface area contributed by atoms with Gasteiger partial charge in [-0.1, -0.05) is 41.9 Å². The fourth-order valence-corrected chi connectivity index (χ4v) is 6.08. The fraction of sp³-hybridized carbons (Fsp3) is 0.500. The van der Waals surface area contributed by atoms with Gasteiger partial charge in [-0.25, -0.2) is 4.79 Å². The summed E-state index contributed by atoms with van der Waals surface area (Å²) in [4.78, 5) is 14.7. The van der Waals surface area contributed by atoms with Crippen molar-refractivity contribution in [2.75, 3.05) is 19.6 Å². The maximum atomic E-state index is 12.1. The van der Waals surface area contributed by atoms with Crippen LogP contribution in [0.5, 0.6) is 0 Å². The molecule has 2 atom stereocenters. The average Bonchev–Trinajstić information content (AvgIpc) is 3.20. The lowest BCUT2D eigenvalue weighted by Crippen LogP contribution is -2.49. The zero-order chi connectivity index (χ0) is 21.8. The van der Waals surface area contributed by atoms with Gasteiger partial charge in [0.1, 0.15) is 5.60 Å². The number of nitrogens with zero attached hydrogens (tertiary/aromatic N) is 1. The molecule has 2 aliphatic carbocycles. The van der Waals surface area contributed by atoms with Crippen molar-refractivity contribution in [3.05, 3.63) is 69.7 Å². The summed E-state index contributed by atoms with van der Waals surface area (Å²) in [5.41, 5.74) is 5.38. The van der Waals surface area contributed by atoms with Gasteiger partial charge in [0.25, 0.3) is 0 Å². The van der Waals surface area contributed by atoms with Crippen molar-refractivity contribution < 1.29 is 9.53 Å². The first-order valence-corrected chi connectivity index (χ1v) is 11.7. The van der Waals surface area contributed by atoms with Crippen LogP contribution in [0.1, 0.15) is 68.2 Å². The molecule has 1 heterocycles. The summed E-state index contributed by atoms with van der Waals surface area (Å²) in [7, 11) is 0. The molecular formula is C26H31ClN2O2. The molecule has 2 aromatic rings. The van der Waals surface area contributed by atoms with Crippen LogP contribution < -0.4 is 5.32 Å². The van der Waals surface area contributed by atoms with Crippen molar-refractivity contribution in [2.45, 2.75) is 63.0 Å². The Morgan fingerprint density at radius 1 is 1.13 bits per heavy atom. The van der Waals surface area contributed by atoms with E-state index in [0.717, 1.165) is 43.9 Å². The van der Waals surface area contributed by atoms with E-state index in [1.807, 2.05) is 26.8 Å². The number of ether oxygens (including phenoxy) is 1. The Balaban J connectivity index is 1.32. The van der Waals surface area contributed by atoms with E-state index < -0.39 is 5.60 Å². The highest BCUT2D eigenvalue weighted by Gasteiger charge is 2.53. The Labute approximate surface area is 189 Å². The minimum atomic E-state index is -0.465. The van der Waals surface area contributed by atoms with Crippen LogP contribution >= 0.6 is 11.6 Å². The standard InChI is InChI=1S/C26H31ClN2O2/c1-25(2,3)31-24(30)28-18-10-12-29(13-11-18)16-26-15-21(19-6-4-5-7-22(19)26)20-9-8-17(27)14-23(20)26/h4-9,14,18,21H,10-13,15-16H2,1-3H3,(H,28,30)/t21-,26-/m0/s1. The van der Waals surface area contributed by atoms with Crippen LogP contribution in [0.4, 0.5) is 4.79 Å². The van der Waals surface area contributed by atoms with E-state index in [-0.39, 0.29) is 17.6 Å². The highest BCUT2D eigenvalue weighted by molar-refractivity contribution is 6.30. The third kappa shape index (κ3) is 3.74. The lowest BCUT2D eigenvalue weighted by molar-refractivity contribution is 0.0475. The predicted molar refractivity (Wildman–Crippen MR) is 124 cm³/mol. The van der Waals surface area contributed by atoms with Gasteiger partial charge in [-0.2, -0.15) is 0 Å². The minimum absolute atomic E-state index is 0.0208. The Hall–Kier alpha value is -2.04. The third-order valence-corrected chi connectivity index (χ3v) is 7.35. The summed E-state index contributed by atoms with van der Waals surface area (Å²) in [5, 5.41) is 3.88. The average molecular weight is 439 g/mol. The molecular weight excluding hydrogens is 408 g/mol. The first-order chi connectivity index (χ1) is 14.7. The fourth-order valence-electron chi connectivity index (χ4n) is 5.91. The molecule has 5 heteroatoms. The molecule has 1 N–H and O–H groups in total. The number of nitrogens with one attached hydrogen (secondary N) is 1. The second-order valence-electron chi connectivity index (χ2n) is 10.4. The Morgan fingerprint density at radius 2 is 1.84 bits per heavy atom. The largest absolute Gasteiger partial charge is 0.444 e. The molecule has 1 aliphatic heterocycles. The number of hydrogen-bond donors (Lipinski definition) is 1. The van der Waals surface area contributed by atoms with Gasteiger partial charge in [0.15, 0.2) is 0 Å². The monoisotopic (exact) mass is 438 g/mol. The van der Waals surface area contributed by atoms with Gasteiger partial charge in [-0.15, -0.1) is 0 Å². The van der Waals surface area contributed by atoms with E-state index in [0.29, 0.717) is 5.92 Å². The molecule has 1 saturated heterocycles. The molecule has 2 bridgehead atoms. The maximum Gasteiger partial charge on any atom is 0.407 e. The summed E-state index contributed by atoms with van der Waals surface area (Å²) in [6, 6.07) is 15.6. The summed E-state index contributed by atoms with van der Waals surface area (Å²) in [5.74, 6) is 0.481. The van der Waals surface area contributed by atoms with E-state index >= 15 is 0 Å². The van der Waals surface area contributed by atoms with E-state index in [2.05, 4.69) is 46.6 Å². The van der Waals surface area contributed by atoms with E-state index in [1.165, 1.54) is 22.3 Å². The van der Waals surface area contributed by atoms with Crippen LogP contribution in [0.25, 0.3) is 0 Å². The summed E-state index contributed by atoms with van der Waals surface area (Å²) < 4.78 is 5.43. The van der Waals surface area contributed by atoms with Crippen molar-refractivity contribution in [3.8, 4) is 0 Å². The topological polar surface area (TPSA) is 41.6 Å². The van der Waals surface area contributed by atoms with Crippen molar-refractivity contribution in [1.29, 1.82) is 0 Å². The predicted octanol–water partition coefficient (Wildman–Crippen LogP) is 5.46. The van der Waals surface area contributed by atoms with Gasteiger partial charge in [0, 0.05) is 42.0 Å². The second kappa shape index (κ2) is 7.53. The molecule has 5 rings (SSSR count). The minimum Gasteiger partial charge on any atom is -0.444 e. The number of piperidine rings is 1. The second-order valence-corrected chi connectivity index (χ2v) is 10.8. The quantitative estimate of drug-likeness (QED) is 0.691. The van der Waals surface area contributed by atoms with Gasteiger partial charge in [0.2, 0.25) is 0 Å². The molecule has 2 aromatic carbocycles. The number of benzene rings is 2. The highest BCUT2D eigenvalue weighted by Crippen LogP contribution is 2.60. The Bertz CT molecular complexity index is 1010. The van der Waals surface area contributed by atoms with E-state index in [1.54, 1.807) is 0 Å². The van der Waals surface area contributed by atoms with Crippen molar-refractivity contribution in [3.63, 3.8) is 0 Å². The molecule has 1 fully saturated rings. The molecule has 0 saturated carbocycles. The molecule has 3 aliphatic rings. The third-order valence-electron chi connectivity index (χ3n) is 7.11. The first-order valence-electron chi connectivity index (χ1n) is 11.4. The van der Waals surface area contributed by atoms with Crippen LogP contribution in [0.15, 0.2) is 42.5 Å². The first kappa shape index (κ1) is 20.8. The lowest BCUT2D eigenvalue weighted by atomic mass is 9.74. The number of hydrogen-bond acceptors (Lipinski definition) is 3. The molecule has 0 spiro atoms. The number of carbonyl (C=O) groups excluding carboxylic acids is 1. The van der Waals surface area contributed by atoms with Crippen LogP contribution in [-0.2, 0) is 10.2 Å². The van der Waals surface area contributed by atoms with Crippen LogP contribution in [-0.4, -0.2) is 42.3 Å². The Morgan fingerprint density at radius 3 is 2.58 bits per heavy atom. The summed E-state index contributed by atoms with van der Waals surface area (Å²) in [6.45, 7) is 8.65. The van der Waals surface area contributed by atoms with E-state index in [4.69, 9.17) is 16.3 Å². The molecule has 0 unspecified atom stereocenters. The van der Waals surface area contributed by atoms with Gasteiger partial charge in [0.05, 0.1) is 0 Å². The molecule has 4 nitrogen and oxygen atoms in total. The number of alkyl carbamates (subject to hydrolysis) is 1. The van der Waals surface area contributed by atoms with Crippen molar-refractivity contribution >= 4 is 17.7 Å². The molecule has 31 heavy (non-hydrogen) atoms. The van der Waals surface area contributed by atoms with Gasteiger partial charge in [-0.05, 0) is 74.4 Å². The van der Waals surface area contributed by atoms with Crippen LogP contribution in [0, 0.1) is 0 Å². The van der Waals surface area contributed by atoms with Crippen molar-refractivity contribution in [2.24, 2.45) is 0 Å². The number of halogens is 1. The maximum absolute atomic E-state index is 12.1. The van der Waals surface area contributed by atoms with Crippen LogP contribution in [0.3, 0.4) is 0 Å². The zero-order valence-corrected chi connectivity index (χ0v) is 19.3. The number of likely N-dealkylation sites (tertiary alicyclic amines) is 1. The van der Waals surface area contributed by atoms with Crippen LogP contribution in [0.2, 0.25) is 5.02 Å². The normalized spacial score (nSPS) is 25.2. The smallest absolute Gasteiger partial charge is 0.407 e. The molecule has 0 radical (unpaired) electrons. The van der Waals surface area contributed by atoms with Gasteiger partial charge < -0.3 is 15.0 Å². The number of rotatable bonds is 3. The van der Waals surface area contributed by atoms with Gasteiger partial charge in [-0.3, -0.25) is 0 Å². The van der Waals surface area contributed by atoms with E-state index in [9.17, 15) is 4.79 Å². The number of carbonyl (C=O) groups is 1. The zero-order valence-electron chi connectivity index (χ0n) is 18.6. The molecule has 0 aromatic heterocycles.